The molecule has 1 saturated heterocycles. The van der Waals surface area contributed by atoms with E-state index in [-0.39, 0.29) is 39.7 Å². The Bertz CT molecular complexity index is 1570. The predicted octanol–water partition coefficient (Wildman–Crippen LogP) is 6.11. The maximum atomic E-state index is 13.0. The molecule has 4 rings (SSSR count). The Hall–Kier alpha value is -3.03. The van der Waals surface area contributed by atoms with Crippen LogP contribution < -0.4 is 13.7 Å². The van der Waals surface area contributed by atoms with E-state index in [1.165, 1.54) is 19.2 Å². The van der Waals surface area contributed by atoms with E-state index in [2.05, 4.69) is 0 Å². The van der Waals surface area contributed by atoms with Crippen molar-refractivity contribution in [1.29, 1.82) is 0 Å². The number of nitrogens with zero attached hydrogens (tertiary/aromatic N) is 1. The first kappa shape index (κ1) is 29.0. The zero-order valence-corrected chi connectivity index (χ0v) is 25.5. The number of aryl methyl sites for hydroxylation is 3. The lowest BCUT2D eigenvalue weighted by Crippen LogP contribution is -2.32. The largest absolute Gasteiger partial charge is 0.493 e. The minimum Gasteiger partial charge on any atom is -0.493 e. The summed E-state index contributed by atoms with van der Waals surface area (Å²) in [5.74, 6) is 0.495. The van der Waals surface area contributed by atoms with Crippen molar-refractivity contribution in [2.45, 2.75) is 25.7 Å². The second-order valence-electron chi connectivity index (χ2n) is 8.84. The average molecular weight is 680 g/mol. The third-order valence-corrected chi connectivity index (χ3v) is 8.79. The molecule has 0 N–H and O–H groups in total. The highest BCUT2D eigenvalue weighted by Crippen LogP contribution is 2.38. The minimum atomic E-state index is -4.10. The molecule has 0 aromatic heterocycles. The zero-order valence-electron chi connectivity index (χ0n) is 21.7. The van der Waals surface area contributed by atoms with E-state index in [0.717, 1.165) is 33.4 Å². The van der Waals surface area contributed by atoms with Crippen molar-refractivity contribution in [2.75, 3.05) is 20.3 Å². The average Bonchev–Trinajstić information content (AvgIpc) is 3.15. The van der Waals surface area contributed by atoms with Gasteiger partial charge in [0, 0.05) is 0 Å². The van der Waals surface area contributed by atoms with Crippen LogP contribution in [0.4, 0.5) is 4.79 Å². The van der Waals surface area contributed by atoms with Crippen molar-refractivity contribution in [3.63, 3.8) is 0 Å². The number of halogens is 1. The van der Waals surface area contributed by atoms with Gasteiger partial charge in [0.05, 0.1) is 22.1 Å². The molecule has 0 bridgehead atoms. The molecule has 1 aliphatic rings. The Kier molecular flexibility index (Phi) is 8.92. The van der Waals surface area contributed by atoms with Crippen LogP contribution in [0.1, 0.15) is 22.3 Å². The van der Waals surface area contributed by atoms with E-state index < -0.39 is 16.0 Å². The van der Waals surface area contributed by atoms with Gasteiger partial charge in [0.15, 0.2) is 11.5 Å². The van der Waals surface area contributed by atoms with Crippen LogP contribution in [0.2, 0.25) is 0 Å². The molecule has 11 heteroatoms. The van der Waals surface area contributed by atoms with Crippen molar-refractivity contribution >= 4 is 61.7 Å². The molecule has 8 nitrogen and oxygen atoms in total. The summed E-state index contributed by atoms with van der Waals surface area (Å²) in [6.07, 6.45) is 1.57. The quantitative estimate of drug-likeness (QED) is 0.152. The molecule has 204 valence electrons. The summed E-state index contributed by atoms with van der Waals surface area (Å²) in [4.78, 5) is 27.0. The van der Waals surface area contributed by atoms with Gasteiger partial charge in [0.2, 0.25) is 0 Å². The van der Waals surface area contributed by atoms with Crippen molar-refractivity contribution in [3.8, 4) is 17.2 Å². The summed E-state index contributed by atoms with van der Waals surface area (Å²) < 4.78 is 42.8. The summed E-state index contributed by atoms with van der Waals surface area (Å²) >= 11 is 2.78. The fourth-order valence-corrected chi connectivity index (χ4v) is 6.43. The summed E-state index contributed by atoms with van der Waals surface area (Å²) in [5, 5.41) is -0.387. The van der Waals surface area contributed by atoms with Crippen LogP contribution in [-0.2, 0) is 14.9 Å². The Labute approximate surface area is 245 Å². The highest BCUT2D eigenvalue weighted by Gasteiger charge is 2.35. The zero-order chi connectivity index (χ0) is 28.3. The topological polar surface area (TPSA) is 99.2 Å². The lowest BCUT2D eigenvalue weighted by Gasteiger charge is -2.15. The van der Waals surface area contributed by atoms with Crippen molar-refractivity contribution in [1.82, 2.24) is 4.90 Å². The number of rotatable bonds is 9. The number of benzene rings is 3. The molecule has 1 fully saturated rings. The summed E-state index contributed by atoms with van der Waals surface area (Å²) in [6.45, 7) is 6.03. The van der Waals surface area contributed by atoms with Crippen LogP contribution in [0.15, 0.2) is 64.4 Å². The van der Waals surface area contributed by atoms with Crippen LogP contribution in [-0.4, -0.2) is 44.7 Å². The third-order valence-electron chi connectivity index (χ3n) is 5.84. The van der Waals surface area contributed by atoms with Crippen LogP contribution in [0.3, 0.4) is 0 Å². The van der Waals surface area contributed by atoms with E-state index in [1.54, 1.807) is 30.3 Å². The standard InChI is InChI=1S/C28H26INO7S2/c1-17-6-9-21(10-7-17)39(33,34)37-26-22(29)14-20(15-24(26)35-4)16-25-27(31)30(28(32)38-25)11-12-36-23-13-18(2)5-8-19(23)3/h5-10,13-16H,11-12H2,1-4H3/b25-16-. The Morgan fingerprint density at radius 3 is 2.33 bits per heavy atom. The third kappa shape index (κ3) is 6.76. The van der Waals surface area contributed by atoms with Gasteiger partial charge in [-0.1, -0.05) is 29.8 Å². The molecule has 1 aliphatic heterocycles. The van der Waals surface area contributed by atoms with Crippen molar-refractivity contribution in [3.05, 3.63) is 85.3 Å². The first-order valence-electron chi connectivity index (χ1n) is 11.8. The van der Waals surface area contributed by atoms with Gasteiger partial charge in [-0.25, -0.2) is 0 Å². The molecule has 3 aromatic carbocycles. The van der Waals surface area contributed by atoms with E-state index in [0.29, 0.717) is 14.9 Å². The van der Waals surface area contributed by atoms with E-state index in [1.807, 2.05) is 61.6 Å². The SMILES string of the molecule is COc1cc(/C=C2\SC(=O)N(CCOc3cc(C)ccc3C)C2=O)cc(I)c1OS(=O)(=O)c1ccc(C)cc1. The molecule has 0 saturated carbocycles. The predicted molar refractivity (Wildman–Crippen MR) is 159 cm³/mol. The van der Waals surface area contributed by atoms with Gasteiger partial charge in [-0.3, -0.25) is 14.5 Å². The molecular weight excluding hydrogens is 653 g/mol. The number of amides is 2. The number of imide groups is 1. The van der Waals surface area contributed by atoms with Crippen LogP contribution in [0.5, 0.6) is 17.2 Å². The van der Waals surface area contributed by atoms with Gasteiger partial charge in [-0.05, 0) is 108 Å². The summed E-state index contributed by atoms with van der Waals surface area (Å²) in [7, 11) is -2.71. The van der Waals surface area contributed by atoms with Gasteiger partial charge in [-0.2, -0.15) is 8.42 Å². The smallest absolute Gasteiger partial charge is 0.339 e. The second-order valence-corrected chi connectivity index (χ2v) is 12.5. The fourth-order valence-electron chi connectivity index (χ4n) is 3.72. The molecule has 0 aliphatic carbocycles. The number of thioether (sulfide) groups is 1. The normalized spacial score (nSPS) is 14.7. The number of methoxy groups -OCH3 is 1. The van der Waals surface area contributed by atoms with E-state index >= 15 is 0 Å². The van der Waals surface area contributed by atoms with E-state index in [9.17, 15) is 18.0 Å². The summed E-state index contributed by atoms with van der Waals surface area (Å²) in [5.41, 5.74) is 3.49. The first-order chi connectivity index (χ1) is 18.5. The molecule has 0 radical (unpaired) electrons. The highest BCUT2D eigenvalue weighted by molar-refractivity contribution is 14.1. The van der Waals surface area contributed by atoms with Gasteiger partial charge < -0.3 is 13.7 Å². The molecule has 0 spiro atoms. The van der Waals surface area contributed by atoms with Crippen molar-refractivity contribution < 1.29 is 31.7 Å². The number of carbonyl (C=O) groups excluding carboxylic acids is 2. The van der Waals surface area contributed by atoms with Crippen molar-refractivity contribution in [2.24, 2.45) is 0 Å². The molecule has 0 unspecified atom stereocenters. The fraction of sp³-hybridized carbons (Fsp3) is 0.214. The maximum absolute atomic E-state index is 13.0. The Morgan fingerprint density at radius 2 is 1.64 bits per heavy atom. The first-order valence-corrected chi connectivity index (χ1v) is 15.1. The van der Waals surface area contributed by atoms with Crippen LogP contribution in [0.25, 0.3) is 6.08 Å². The van der Waals surface area contributed by atoms with Gasteiger partial charge in [0.1, 0.15) is 17.3 Å². The van der Waals surface area contributed by atoms with E-state index in [4.69, 9.17) is 13.7 Å². The second kappa shape index (κ2) is 12.0. The lowest BCUT2D eigenvalue weighted by atomic mass is 10.1. The molecule has 3 aromatic rings. The Balaban J connectivity index is 1.50. The highest BCUT2D eigenvalue weighted by atomic mass is 127. The molecule has 2 amide bonds. The molecule has 1 heterocycles. The van der Waals surface area contributed by atoms with Crippen LogP contribution >= 0.6 is 34.4 Å². The van der Waals surface area contributed by atoms with Crippen LogP contribution in [0, 0.1) is 24.3 Å². The number of hydrogen-bond donors (Lipinski definition) is 0. The molecule has 39 heavy (non-hydrogen) atoms. The minimum absolute atomic E-state index is 0.0187. The molecule has 0 atom stereocenters. The Morgan fingerprint density at radius 1 is 0.949 bits per heavy atom. The number of hydrogen-bond acceptors (Lipinski definition) is 8. The van der Waals surface area contributed by atoms with Gasteiger partial charge in [-0.15, -0.1) is 0 Å². The van der Waals surface area contributed by atoms with Gasteiger partial charge >= 0.3 is 10.1 Å². The van der Waals surface area contributed by atoms with Gasteiger partial charge in [0.25, 0.3) is 11.1 Å². The number of carbonyl (C=O) groups is 2. The number of ether oxygens (including phenoxy) is 2. The summed E-state index contributed by atoms with van der Waals surface area (Å²) in [6, 6.07) is 15.4. The molecular formula is C28H26INO7S2. The monoisotopic (exact) mass is 679 g/mol. The lowest BCUT2D eigenvalue weighted by molar-refractivity contribution is -0.123. The maximum Gasteiger partial charge on any atom is 0.339 e.